The molecular formula is C12H8BrClOS. The lowest BCUT2D eigenvalue weighted by atomic mass is 10.0. The van der Waals surface area contributed by atoms with Crippen LogP contribution >= 0.6 is 38.9 Å². The summed E-state index contributed by atoms with van der Waals surface area (Å²) in [6.45, 7) is 1.94. The minimum absolute atomic E-state index is 0.0157. The molecule has 0 atom stereocenters. The van der Waals surface area contributed by atoms with Crippen molar-refractivity contribution in [3.8, 4) is 0 Å². The Labute approximate surface area is 111 Å². The van der Waals surface area contributed by atoms with Crippen LogP contribution in [0.3, 0.4) is 0 Å². The Morgan fingerprint density at radius 2 is 2.12 bits per heavy atom. The van der Waals surface area contributed by atoms with Gasteiger partial charge in [0.2, 0.25) is 0 Å². The average molecular weight is 316 g/mol. The molecule has 0 aliphatic carbocycles. The zero-order valence-corrected chi connectivity index (χ0v) is 11.6. The topological polar surface area (TPSA) is 17.1 Å². The van der Waals surface area contributed by atoms with Gasteiger partial charge < -0.3 is 0 Å². The van der Waals surface area contributed by atoms with Crippen LogP contribution in [0.5, 0.6) is 0 Å². The Bertz CT molecular complexity index is 527. The molecular weight excluding hydrogens is 308 g/mol. The summed E-state index contributed by atoms with van der Waals surface area (Å²) < 4.78 is 0.816. The van der Waals surface area contributed by atoms with E-state index in [1.54, 1.807) is 29.5 Å². The maximum Gasteiger partial charge on any atom is 0.194 e. The van der Waals surface area contributed by atoms with Gasteiger partial charge in [-0.15, -0.1) is 11.3 Å². The van der Waals surface area contributed by atoms with E-state index in [1.807, 2.05) is 18.4 Å². The number of thiophene rings is 1. The fourth-order valence-electron chi connectivity index (χ4n) is 1.46. The van der Waals surface area contributed by atoms with Crippen LogP contribution in [-0.2, 0) is 0 Å². The zero-order valence-electron chi connectivity index (χ0n) is 8.46. The van der Waals surface area contributed by atoms with E-state index in [0.717, 1.165) is 14.9 Å². The van der Waals surface area contributed by atoms with Crippen LogP contribution in [-0.4, -0.2) is 5.78 Å². The van der Waals surface area contributed by atoms with E-state index in [9.17, 15) is 4.79 Å². The molecule has 0 aliphatic rings. The lowest BCUT2D eigenvalue weighted by Crippen LogP contribution is -2.01. The molecule has 0 bridgehead atoms. The van der Waals surface area contributed by atoms with Gasteiger partial charge in [-0.1, -0.05) is 27.5 Å². The summed E-state index contributed by atoms with van der Waals surface area (Å²) in [7, 11) is 0. The highest BCUT2D eigenvalue weighted by atomic mass is 79.9. The first kappa shape index (κ1) is 11.8. The molecule has 0 saturated carbocycles. The molecule has 1 nitrogen and oxygen atoms in total. The molecule has 0 radical (unpaired) electrons. The highest BCUT2D eigenvalue weighted by molar-refractivity contribution is 9.10. The number of ketones is 1. The van der Waals surface area contributed by atoms with Gasteiger partial charge in [-0.2, -0.15) is 0 Å². The third-order valence-electron chi connectivity index (χ3n) is 2.23. The van der Waals surface area contributed by atoms with Crippen molar-refractivity contribution in [2.24, 2.45) is 0 Å². The van der Waals surface area contributed by atoms with E-state index in [2.05, 4.69) is 15.9 Å². The molecule has 0 fully saturated rings. The van der Waals surface area contributed by atoms with Crippen molar-refractivity contribution in [3.63, 3.8) is 0 Å². The van der Waals surface area contributed by atoms with Gasteiger partial charge in [0.15, 0.2) is 5.78 Å². The number of carbonyl (C=O) groups is 1. The number of hydrogen-bond acceptors (Lipinski definition) is 2. The maximum atomic E-state index is 12.2. The third-order valence-corrected chi connectivity index (χ3v) is 3.75. The summed E-state index contributed by atoms with van der Waals surface area (Å²) in [5, 5.41) is 2.48. The fraction of sp³-hybridized carbons (Fsp3) is 0.0833. The molecule has 0 saturated heterocycles. The molecule has 1 aromatic heterocycles. The van der Waals surface area contributed by atoms with E-state index in [1.165, 1.54) is 0 Å². The predicted octanol–water partition coefficient (Wildman–Crippen LogP) is 4.70. The number of benzene rings is 1. The lowest BCUT2D eigenvalue weighted by Gasteiger charge is -2.02. The highest BCUT2D eigenvalue weighted by Gasteiger charge is 2.13. The number of halogens is 2. The largest absolute Gasteiger partial charge is 0.289 e. The molecule has 82 valence electrons. The molecule has 4 heteroatoms. The standard InChI is InChI=1S/C12H8BrClOS/c1-7-11(2-3-16-7)12(15)8-4-9(13)6-10(14)5-8/h2-6H,1H3. The fourth-order valence-corrected chi connectivity index (χ4v) is 3.02. The summed E-state index contributed by atoms with van der Waals surface area (Å²) in [4.78, 5) is 13.2. The minimum atomic E-state index is 0.0157. The van der Waals surface area contributed by atoms with Crippen LogP contribution in [0.4, 0.5) is 0 Å². The molecule has 0 N–H and O–H groups in total. The van der Waals surface area contributed by atoms with Crippen molar-refractivity contribution < 1.29 is 4.79 Å². The van der Waals surface area contributed by atoms with Gasteiger partial charge in [-0.05, 0) is 36.6 Å². The van der Waals surface area contributed by atoms with Crippen molar-refractivity contribution in [1.29, 1.82) is 0 Å². The molecule has 0 unspecified atom stereocenters. The Hall–Kier alpha value is -0.640. The van der Waals surface area contributed by atoms with Crippen molar-refractivity contribution in [3.05, 3.63) is 55.1 Å². The van der Waals surface area contributed by atoms with E-state index < -0.39 is 0 Å². The molecule has 1 heterocycles. The van der Waals surface area contributed by atoms with Gasteiger partial charge in [0.25, 0.3) is 0 Å². The van der Waals surface area contributed by atoms with Crippen LogP contribution < -0.4 is 0 Å². The molecule has 16 heavy (non-hydrogen) atoms. The molecule has 0 spiro atoms. The normalized spacial score (nSPS) is 10.4. The molecule has 0 aliphatic heterocycles. The average Bonchev–Trinajstić information content (AvgIpc) is 2.62. The van der Waals surface area contributed by atoms with Gasteiger partial charge in [0.05, 0.1) is 0 Å². The zero-order chi connectivity index (χ0) is 11.7. The van der Waals surface area contributed by atoms with Crippen LogP contribution in [0.1, 0.15) is 20.8 Å². The second-order valence-electron chi connectivity index (χ2n) is 3.38. The summed E-state index contributed by atoms with van der Waals surface area (Å²) in [5.74, 6) is 0.0157. The van der Waals surface area contributed by atoms with Crippen LogP contribution in [0.15, 0.2) is 34.1 Å². The first-order valence-electron chi connectivity index (χ1n) is 4.63. The monoisotopic (exact) mass is 314 g/mol. The van der Waals surface area contributed by atoms with Gasteiger partial charge in [0, 0.05) is 25.5 Å². The Morgan fingerprint density at radius 3 is 2.69 bits per heavy atom. The SMILES string of the molecule is Cc1sccc1C(=O)c1cc(Cl)cc(Br)c1. The second kappa shape index (κ2) is 4.70. The highest BCUT2D eigenvalue weighted by Crippen LogP contribution is 2.24. The molecule has 2 rings (SSSR count). The van der Waals surface area contributed by atoms with Crippen molar-refractivity contribution in [2.75, 3.05) is 0 Å². The van der Waals surface area contributed by atoms with Gasteiger partial charge in [0.1, 0.15) is 0 Å². The van der Waals surface area contributed by atoms with Crippen molar-refractivity contribution in [1.82, 2.24) is 0 Å². The maximum absolute atomic E-state index is 12.2. The third kappa shape index (κ3) is 2.37. The second-order valence-corrected chi connectivity index (χ2v) is 5.85. The van der Waals surface area contributed by atoms with E-state index >= 15 is 0 Å². The molecule has 0 amide bonds. The Morgan fingerprint density at radius 1 is 1.38 bits per heavy atom. The van der Waals surface area contributed by atoms with Gasteiger partial charge >= 0.3 is 0 Å². The number of carbonyl (C=O) groups excluding carboxylic acids is 1. The predicted molar refractivity (Wildman–Crippen MR) is 71.6 cm³/mol. The molecule has 2 aromatic rings. The van der Waals surface area contributed by atoms with Crippen LogP contribution in [0.2, 0.25) is 5.02 Å². The Balaban J connectivity index is 2.45. The van der Waals surface area contributed by atoms with E-state index in [0.29, 0.717) is 10.6 Å². The summed E-state index contributed by atoms with van der Waals surface area (Å²) in [6, 6.07) is 7.08. The number of rotatable bonds is 2. The number of aryl methyl sites for hydroxylation is 1. The first-order chi connectivity index (χ1) is 7.58. The number of hydrogen-bond donors (Lipinski definition) is 0. The van der Waals surface area contributed by atoms with Crippen LogP contribution in [0, 0.1) is 6.92 Å². The van der Waals surface area contributed by atoms with Gasteiger partial charge in [-0.25, -0.2) is 0 Å². The van der Waals surface area contributed by atoms with Crippen molar-refractivity contribution >= 4 is 44.7 Å². The van der Waals surface area contributed by atoms with E-state index in [4.69, 9.17) is 11.6 Å². The van der Waals surface area contributed by atoms with Crippen molar-refractivity contribution in [2.45, 2.75) is 6.92 Å². The first-order valence-corrected chi connectivity index (χ1v) is 6.68. The summed E-state index contributed by atoms with van der Waals surface area (Å²) >= 11 is 10.8. The summed E-state index contributed by atoms with van der Waals surface area (Å²) in [5.41, 5.74) is 1.36. The quantitative estimate of drug-likeness (QED) is 0.734. The van der Waals surface area contributed by atoms with E-state index in [-0.39, 0.29) is 5.78 Å². The minimum Gasteiger partial charge on any atom is -0.289 e. The summed E-state index contributed by atoms with van der Waals surface area (Å²) in [6.07, 6.45) is 0. The van der Waals surface area contributed by atoms with Gasteiger partial charge in [-0.3, -0.25) is 4.79 Å². The Kier molecular flexibility index (Phi) is 3.47. The molecule has 1 aromatic carbocycles. The lowest BCUT2D eigenvalue weighted by molar-refractivity contribution is 0.103. The van der Waals surface area contributed by atoms with Crippen LogP contribution in [0.25, 0.3) is 0 Å². The smallest absolute Gasteiger partial charge is 0.194 e.